The zero-order valence-corrected chi connectivity index (χ0v) is 14.4. The van der Waals surface area contributed by atoms with E-state index in [-0.39, 0.29) is 5.97 Å². The fourth-order valence-electron chi connectivity index (χ4n) is 2.65. The van der Waals surface area contributed by atoms with Crippen molar-refractivity contribution in [2.24, 2.45) is 0 Å². The molecule has 0 N–H and O–H groups in total. The van der Waals surface area contributed by atoms with Crippen molar-refractivity contribution in [2.45, 2.75) is 57.8 Å². The van der Waals surface area contributed by atoms with Crippen molar-refractivity contribution in [1.82, 2.24) is 0 Å². The molecule has 0 aromatic heterocycles. The lowest BCUT2D eigenvalue weighted by Crippen LogP contribution is -2.37. The lowest BCUT2D eigenvalue weighted by molar-refractivity contribution is -0.141. The average molecular weight is 278 g/mol. The van der Waals surface area contributed by atoms with E-state index in [1.807, 2.05) is 18.2 Å². The van der Waals surface area contributed by atoms with Crippen LogP contribution in [-0.4, -0.2) is 16.5 Å². The van der Waals surface area contributed by atoms with Gasteiger partial charge < -0.3 is 4.43 Å². The Hall–Kier alpha value is -1.09. The van der Waals surface area contributed by atoms with Gasteiger partial charge in [0.2, 0.25) is 10.5 Å². The fourth-order valence-corrected chi connectivity index (χ4v) is 3.04. The van der Waals surface area contributed by atoms with Gasteiger partial charge >= 0.3 is 5.97 Å². The summed E-state index contributed by atoms with van der Waals surface area (Å²) in [6.45, 7) is 4.34. The van der Waals surface area contributed by atoms with Crippen LogP contribution in [0.1, 0.15) is 57.9 Å². The van der Waals surface area contributed by atoms with E-state index in [0.717, 1.165) is 44.1 Å². The van der Waals surface area contributed by atoms with E-state index in [1.165, 1.54) is 0 Å². The van der Waals surface area contributed by atoms with Gasteiger partial charge in [-0.1, -0.05) is 69.9 Å². The molecule has 0 heterocycles. The molecule has 0 radical (unpaired) electrons. The highest BCUT2D eigenvalue weighted by molar-refractivity contribution is 6.07. The van der Waals surface area contributed by atoms with Crippen molar-refractivity contribution in [2.75, 3.05) is 0 Å². The molecule has 0 atom stereocenters. The van der Waals surface area contributed by atoms with E-state index in [1.54, 1.807) is 0 Å². The van der Waals surface area contributed by atoms with Crippen molar-refractivity contribution in [1.29, 1.82) is 0 Å². The second kappa shape index (κ2) is 8.15. The summed E-state index contributed by atoms with van der Waals surface area (Å²) in [6, 6.07) is 10.2. The summed E-state index contributed by atoms with van der Waals surface area (Å²) < 4.78 is 5.26. The Morgan fingerprint density at radius 3 is 2.05 bits per heavy atom. The molecule has 0 amide bonds. The van der Waals surface area contributed by atoms with Gasteiger partial charge in [0.15, 0.2) is 0 Å². The molecular weight excluding hydrogens is 252 g/mol. The predicted octanol–water partition coefficient (Wildman–Crippen LogP) is 3.13. The number of hydrogen-bond donors (Lipinski definition) is 0. The molecule has 0 fully saturated rings. The highest BCUT2D eigenvalue weighted by atomic mass is 28.2. The summed E-state index contributed by atoms with van der Waals surface area (Å²) >= 11 is 0. The Morgan fingerprint density at radius 2 is 1.63 bits per heavy atom. The van der Waals surface area contributed by atoms with Crippen molar-refractivity contribution < 1.29 is 9.22 Å². The maximum atomic E-state index is 12.5. The summed E-state index contributed by atoms with van der Waals surface area (Å²) in [4.78, 5) is 12.5. The maximum absolute atomic E-state index is 12.5. The van der Waals surface area contributed by atoms with Gasteiger partial charge in [-0.05, 0) is 18.4 Å². The predicted molar refractivity (Wildman–Crippen MR) is 83.2 cm³/mol. The minimum atomic E-state index is -0.422. The highest BCUT2D eigenvalue weighted by Crippen LogP contribution is 2.36. The van der Waals surface area contributed by atoms with Crippen LogP contribution < -0.4 is 0 Å². The minimum absolute atomic E-state index is 0.0210. The minimum Gasteiger partial charge on any atom is -0.528 e. The maximum Gasteiger partial charge on any atom is 0.302 e. The standard InChI is InChI=1S/C16H26O2Si/c1-3-5-12-16(13-6-4-2,15(17)18-19)14-10-8-7-9-11-14/h7-11H,3-6,12-13H2,1-2,19H3. The van der Waals surface area contributed by atoms with Gasteiger partial charge in [-0.25, -0.2) is 0 Å². The summed E-state index contributed by atoms with van der Waals surface area (Å²) in [6.07, 6.45) is 6.14. The Morgan fingerprint density at radius 1 is 1.11 bits per heavy atom. The second-order valence-electron chi connectivity index (χ2n) is 5.15. The van der Waals surface area contributed by atoms with Gasteiger partial charge in [-0.2, -0.15) is 0 Å². The normalized spacial score (nSPS) is 11.5. The molecule has 3 heteroatoms. The molecular formula is C16H26O2Si. The van der Waals surface area contributed by atoms with Crippen LogP contribution in [0.3, 0.4) is 0 Å². The Balaban J connectivity index is 3.13. The summed E-state index contributed by atoms with van der Waals surface area (Å²) in [5.41, 5.74) is 0.701. The van der Waals surface area contributed by atoms with Crippen LogP contribution in [0.4, 0.5) is 0 Å². The summed E-state index contributed by atoms with van der Waals surface area (Å²) in [5.74, 6) is -0.0210. The fraction of sp³-hybridized carbons (Fsp3) is 0.562. The van der Waals surface area contributed by atoms with E-state index in [9.17, 15) is 4.79 Å². The highest BCUT2D eigenvalue weighted by Gasteiger charge is 2.39. The van der Waals surface area contributed by atoms with E-state index in [2.05, 4.69) is 26.0 Å². The first-order chi connectivity index (χ1) is 9.21. The first-order valence-electron chi connectivity index (χ1n) is 7.35. The van der Waals surface area contributed by atoms with Crippen LogP contribution in [0.5, 0.6) is 0 Å². The molecule has 0 saturated heterocycles. The van der Waals surface area contributed by atoms with Gasteiger partial charge in [-0.3, -0.25) is 4.79 Å². The molecule has 0 aliphatic carbocycles. The van der Waals surface area contributed by atoms with Crippen LogP contribution in [0, 0.1) is 0 Å². The molecule has 0 aliphatic heterocycles. The molecule has 1 aromatic carbocycles. The molecule has 0 bridgehead atoms. The quantitative estimate of drug-likeness (QED) is 0.683. The number of unbranched alkanes of at least 4 members (excludes halogenated alkanes) is 2. The van der Waals surface area contributed by atoms with E-state index < -0.39 is 5.41 Å². The first kappa shape index (κ1) is 16.0. The topological polar surface area (TPSA) is 26.3 Å². The monoisotopic (exact) mass is 278 g/mol. The molecule has 106 valence electrons. The number of hydrogen-bond acceptors (Lipinski definition) is 2. The van der Waals surface area contributed by atoms with E-state index in [4.69, 9.17) is 4.43 Å². The van der Waals surface area contributed by atoms with Crippen molar-refractivity contribution in [3.8, 4) is 0 Å². The molecule has 1 aromatic rings. The van der Waals surface area contributed by atoms with E-state index in [0.29, 0.717) is 10.5 Å². The van der Waals surface area contributed by atoms with Crippen LogP contribution in [0.15, 0.2) is 30.3 Å². The van der Waals surface area contributed by atoms with Crippen LogP contribution in [-0.2, 0) is 14.6 Å². The molecule has 19 heavy (non-hydrogen) atoms. The zero-order valence-electron chi connectivity index (χ0n) is 12.4. The molecule has 0 spiro atoms. The van der Waals surface area contributed by atoms with Gasteiger partial charge in [-0.15, -0.1) is 0 Å². The number of benzene rings is 1. The van der Waals surface area contributed by atoms with Gasteiger partial charge in [0.1, 0.15) is 0 Å². The molecule has 0 saturated carbocycles. The van der Waals surface area contributed by atoms with Gasteiger partial charge in [0.25, 0.3) is 0 Å². The van der Waals surface area contributed by atoms with Crippen molar-refractivity contribution in [3.05, 3.63) is 35.9 Å². The van der Waals surface area contributed by atoms with Crippen LogP contribution in [0.25, 0.3) is 0 Å². The van der Waals surface area contributed by atoms with Crippen LogP contribution >= 0.6 is 0 Å². The Labute approximate surface area is 120 Å². The van der Waals surface area contributed by atoms with Gasteiger partial charge in [0, 0.05) is 0 Å². The summed E-state index contributed by atoms with van der Waals surface area (Å²) in [5, 5.41) is 0. The Kier molecular flexibility index (Phi) is 6.85. The third-order valence-corrected chi connectivity index (χ3v) is 4.19. The second-order valence-corrected chi connectivity index (χ2v) is 5.56. The molecule has 0 aliphatic rings. The Bertz CT molecular complexity index is 368. The number of carbonyl (C=O) groups is 1. The molecule has 2 nitrogen and oxygen atoms in total. The SMILES string of the molecule is CCCCC(CCCC)(C(=O)O[SiH3])c1ccccc1. The average Bonchev–Trinajstić information content (AvgIpc) is 2.48. The smallest absolute Gasteiger partial charge is 0.302 e. The van der Waals surface area contributed by atoms with Crippen molar-refractivity contribution >= 4 is 16.5 Å². The summed E-state index contributed by atoms with van der Waals surface area (Å²) in [7, 11) is 0.473. The molecule has 1 rings (SSSR count). The van der Waals surface area contributed by atoms with E-state index >= 15 is 0 Å². The number of rotatable bonds is 8. The lowest BCUT2D eigenvalue weighted by Gasteiger charge is -2.32. The third kappa shape index (κ3) is 3.93. The zero-order chi connectivity index (χ0) is 14.1. The van der Waals surface area contributed by atoms with Crippen LogP contribution in [0.2, 0.25) is 0 Å². The first-order valence-corrected chi connectivity index (χ1v) is 8.16. The lowest BCUT2D eigenvalue weighted by atomic mass is 9.73. The van der Waals surface area contributed by atoms with Gasteiger partial charge in [0.05, 0.1) is 5.41 Å². The largest absolute Gasteiger partial charge is 0.528 e. The number of carbonyl (C=O) groups excluding carboxylic acids is 1. The third-order valence-electron chi connectivity index (χ3n) is 3.82. The van der Waals surface area contributed by atoms with Crippen molar-refractivity contribution in [3.63, 3.8) is 0 Å². The molecule has 0 unspecified atom stereocenters.